The van der Waals surface area contributed by atoms with Crippen LogP contribution < -0.4 is 0 Å². The largest absolute Gasteiger partial charge is 0.466 e. The number of hydrogen-bond donors (Lipinski definition) is 0. The molecule has 1 aromatic carbocycles. The van der Waals surface area contributed by atoms with E-state index in [0.717, 1.165) is 5.56 Å². The zero-order valence-corrected chi connectivity index (χ0v) is 6.10. The summed E-state index contributed by atoms with van der Waals surface area (Å²) in [4.78, 5) is 0. The van der Waals surface area contributed by atoms with Crippen molar-refractivity contribution in [3.8, 4) is 0 Å². The average Bonchev–Trinajstić information content (AvgIpc) is 2.69. The Morgan fingerprint density at radius 3 is 2.30 bits per heavy atom. The van der Waals surface area contributed by atoms with E-state index in [0.29, 0.717) is 5.05 Å². The number of rotatable bonds is 1. The zero-order valence-electron chi connectivity index (χ0n) is 5.28. The summed E-state index contributed by atoms with van der Waals surface area (Å²) >= 11 is 4.83. The monoisotopic (exact) mass is 150 g/mol. The van der Waals surface area contributed by atoms with Crippen LogP contribution in [0.3, 0.4) is 0 Å². The van der Waals surface area contributed by atoms with Crippen LogP contribution in [0, 0.1) is 0 Å². The summed E-state index contributed by atoms with van der Waals surface area (Å²) in [5.74, 6) is 0. The van der Waals surface area contributed by atoms with Gasteiger partial charge in [-0.3, -0.25) is 0 Å². The molecular formula is C8H6OS. The number of hydrogen-bond acceptors (Lipinski definition) is 2. The maximum absolute atomic E-state index is 5.03. The van der Waals surface area contributed by atoms with Crippen LogP contribution in [0.15, 0.2) is 30.3 Å². The van der Waals surface area contributed by atoms with Gasteiger partial charge in [0.2, 0.25) is 5.05 Å². The summed E-state index contributed by atoms with van der Waals surface area (Å²) in [7, 11) is 0. The Kier molecular flexibility index (Phi) is 1.21. The van der Waals surface area contributed by atoms with E-state index >= 15 is 0 Å². The smallest absolute Gasteiger partial charge is 0.207 e. The van der Waals surface area contributed by atoms with Crippen molar-refractivity contribution < 1.29 is 4.74 Å². The first-order valence-corrected chi connectivity index (χ1v) is 3.54. The molecule has 10 heavy (non-hydrogen) atoms. The normalized spacial score (nSPS) is 22.0. The molecule has 2 rings (SSSR count). The number of epoxide rings is 1. The van der Waals surface area contributed by atoms with E-state index in [1.807, 2.05) is 30.3 Å². The molecule has 0 aliphatic carbocycles. The molecule has 2 heteroatoms. The summed E-state index contributed by atoms with van der Waals surface area (Å²) in [6.07, 6.45) is 0.108. The lowest BCUT2D eigenvalue weighted by Gasteiger charge is -1.88. The molecule has 1 aromatic rings. The van der Waals surface area contributed by atoms with Crippen molar-refractivity contribution >= 4 is 17.3 Å². The maximum Gasteiger partial charge on any atom is 0.207 e. The van der Waals surface area contributed by atoms with Gasteiger partial charge in [0.25, 0.3) is 0 Å². The lowest BCUT2D eigenvalue weighted by molar-refractivity contribution is 0.461. The van der Waals surface area contributed by atoms with E-state index < -0.39 is 0 Å². The average molecular weight is 150 g/mol. The SMILES string of the molecule is S=C1OC1c1ccccc1. The highest BCUT2D eigenvalue weighted by atomic mass is 32.1. The van der Waals surface area contributed by atoms with Crippen molar-refractivity contribution in [2.45, 2.75) is 6.10 Å². The molecule has 1 nitrogen and oxygen atoms in total. The highest BCUT2D eigenvalue weighted by Gasteiger charge is 2.33. The van der Waals surface area contributed by atoms with Crippen LogP contribution in [0.4, 0.5) is 0 Å². The van der Waals surface area contributed by atoms with E-state index in [1.165, 1.54) is 0 Å². The van der Waals surface area contributed by atoms with Crippen molar-refractivity contribution in [2.75, 3.05) is 0 Å². The molecule has 1 aliphatic heterocycles. The van der Waals surface area contributed by atoms with E-state index in [2.05, 4.69) is 0 Å². The van der Waals surface area contributed by atoms with Crippen molar-refractivity contribution in [2.24, 2.45) is 0 Å². The van der Waals surface area contributed by atoms with Gasteiger partial charge in [0.1, 0.15) is 0 Å². The van der Waals surface area contributed by atoms with Crippen LogP contribution in [-0.2, 0) is 4.74 Å². The molecule has 1 aliphatic rings. The molecule has 0 aromatic heterocycles. The predicted molar refractivity (Wildman–Crippen MR) is 42.9 cm³/mol. The van der Waals surface area contributed by atoms with Gasteiger partial charge >= 0.3 is 0 Å². The Morgan fingerprint density at radius 1 is 1.20 bits per heavy atom. The molecule has 1 heterocycles. The van der Waals surface area contributed by atoms with E-state index in [-0.39, 0.29) is 6.10 Å². The van der Waals surface area contributed by atoms with Crippen LogP contribution in [-0.4, -0.2) is 5.05 Å². The Balaban J connectivity index is 2.28. The van der Waals surface area contributed by atoms with Gasteiger partial charge in [0, 0.05) is 5.56 Å². The van der Waals surface area contributed by atoms with Crippen LogP contribution in [0.5, 0.6) is 0 Å². The molecule has 0 spiro atoms. The van der Waals surface area contributed by atoms with Gasteiger partial charge in [0.15, 0.2) is 6.10 Å². The van der Waals surface area contributed by atoms with Gasteiger partial charge < -0.3 is 4.74 Å². The molecule has 0 amide bonds. The quantitative estimate of drug-likeness (QED) is 0.449. The molecular weight excluding hydrogens is 144 g/mol. The second-order valence-electron chi connectivity index (χ2n) is 2.23. The molecule has 0 saturated carbocycles. The van der Waals surface area contributed by atoms with Crippen molar-refractivity contribution in [3.63, 3.8) is 0 Å². The van der Waals surface area contributed by atoms with E-state index in [1.54, 1.807) is 0 Å². The first kappa shape index (κ1) is 5.86. The summed E-state index contributed by atoms with van der Waals surface area (Å²) in [5, 5.41) is 0.714. The predicted octanol–water partition coefficient (Wildman–Crippen LogP) is 2.09. The Morgan fingerprint density at radius 2 is 1.80 bits per heavy atom. The lowest BCUT2D eigenvalue weighted by atomic mass is 10.2. The van der Waals surface area contributed by atoms with Gasteiger partial charge in [-0.2, -0.15) is 0 Å². The second kappa shape index (κ2) is 2.06. The molecule has 0 N–H and O–H groups in total. The summed E-state index contributed by atoms with van der Waals surface area (Å²) in [6.45, 7) is 0. The van der Waals surface area contributed by atoms with Crippen LogP contribution in [0.25, 0.3) is 0 Å². The minimum Gasteiger partial charge on any atom is -0.466 e. The maximum atomic E-state index is 5.03. The van der Waals surface area contributed by atoms with Crippen molar-refractivity contribution in [3.05, 3.63) is 35.9 Å². The van der Waals surface area contributed by atoms with Crippen LogP contribution >= 0.6 is 12.2 Å². The Hall–Kier alpha value is -0.890. The second-order valence-corrected chi connectivity index (χ2v) is 2.63. The lowest BCUT2D eigenvalue weighted by Crippen LogP contribution is -1.77. The standard InChI is InChI=1S/C8H6OS/c10-8-7(9-8)6-4-2-1-3-5-6/h1-5,7H. The van der Waals surface area contributed by atoms with Crippen molar-refractivity contribution in [1.82, 2.24) is 0 Å². The molecule has 50 valence electrons. The first-order chi connectivity index (χ1) is 4.88. The minimum atomic E-state index is 0.108. The molecule has 1 atom stereocenters. The van der Waals surface area contributed by atoms with Gasteiger partial charge in [-0.25, -0.2) is 0 Å². The Bertz CT molecular complexity index is 255. The van der Waals surface area contributed by atoms with Crippen LogP contribution in [0.2, 0.25) is 0 Å². The highest BCUT2D eigenvalue weighted by molar-refractivity contribution is 7.80. The minimum absolute atomic E-state index is 0.108. The molecule has 1 fully saturated rings. The van der Waals surface area contributed by atoms with Gasteiger partial charge in [-0.05, 0) is 12.2 Å². The summed E-state index contributed by atoms with van der Waals surface area (Å²) in [5.41, 5.74) is 1.16. The molecule has 0 radical (unpaired) electrons. The van der Waals surface area contributed by atoms with Gasteiger partial charge in [-0.1, -0.05) is 30.3 Å². The van der Waals surface area contributed by atoms with Crippen molar-refractivity contribution in [1.29, 1.82) is 0 Å². The van der Waals surface area contributed by atoms with Gasteiger partial charge in [-0.15, -0.1) is 0 Å². The summed E-state index contributed by atoms with van der Waals surface area (Å²) in [6, 6.07) is 9.99. The first-order valence-electron chi connectivity index (χ1n) is 3.13. The molecule has 0 bridgehead atoms. The zero-order chi connectivity index (χ0) is 6.97. The third kappa shape index (κ3) is 0.907. The highest BCUT2D eigenvalue weighted by Crippen LogP contribution is 2.32. The van der Waals surface area contributed by atoms with Crippen LogP contribution in [0.1, 0.15) is 11.7 Å². The fourth-order valence-corrected chi connectivity index (χ4v) is 1.15. The topological polar surface area (TPSA) is 12.5 Å². The number of benzene rings is 1. The molecule has 1 saturated heterocycles. The third-order valence-corrected chi connectivity index (χ3v) is 1.80. The third-order valence-electron chi connectivity index (χ3n) is 1.49. The Labute approximate surface area is 64.6 Å². The fourth-order valence-electron chi connectivity index (χ4n) is 0.914. The van der Waals surface area contributed by atoms with Gasteiger partial charge in [0.05, 0.1) is 0 Å². The number of ether oxygens (including phenoxy) is 1. The van der Waals surface area contributed by atoms with E-state index in [9.17, 15) is 0 Å². The number of thiocarbonyl (C=S) groups is 1. The van der Waals surface area contributed by atoms with E-state index in [4.69, 9.17) is 17.0 Å². The summed E-state index contributed by atoms with van der Waals surface area (Å²) < 4.78 is 5.03. The fraction of sp³-hybridized carbons (Fsp3) is 0.125. The molecule has 1 unspecified atom stereocenters.